The molecule has 1 atom stereocenters. The Morgan fingerprint density at radius 3 is 2.87 bits per heavy atom. The van der Waals surface area contributed by atoms with Gasteiger partial charge in [0.1, 0.15) is 27.3 Å². The van der Waals surface area contributed by atoms with Crippen molar-refractivity contribution in [1.29, 1.82) is 0 Å². The maximum Gasteiger partial charge on any atom is 0.277 e. The number of halogens is 2. The van der Waals surface area contributed by atoms with Gasteiger partial charge >= 0.3 is 0 Å². The average molecular weight is 448 g/mol. The first-order valence-electron chi connectivity index (χ1n) is 9.89. The average Bonchev–Trinajstić information content (AvgIpc) is 3.19. The first kappa shape index (κ1) is 21.2. The van der Waals surface area contributed by atoms with E-state index in [1.54, 1.807) is 10.9 Å². The fourth-order valence-electron chi connectivity index (χ4n) is 3.68. The Balaban J connectivity index is 1.58. The predicted molar refractivity (Wildman–Crippen MR) is 117 cm³/mol. The number of rotatable bonds is 4. The van der Waals surface area contributed by atoms with Crippen LogP contribution >= 0.6 is 11.3 Å². The summed E-state index contributed by atoms with van der Waals surface area (Å²) in [7, 11) is 1.81. The van der Waals surface area contributed by atoms with Gasteiger partial charge in [-0.1, -0.05) is 11.3 Å². The molecule has 0 unspecified atom stereocenters. The summed E-state index contributed by atoms with van der Waals surface area (Å²) in [5, 5.41) is 7.44. The van der Waals surface area contributed by atoms with E-state index in [-0.39, 0.29) is 27.3 Å². The van der Waals surface area contributed by atoms with Crippen LogP contribution in [0.2, 0.25) is 0 Å². The molecule has 8 nitrogen and oxygen atoms in total. The van der Waals surface area contributed by atoms with Crippen LogP contribution in [0.25, 0.3) is 10.6 Å². The third kappa shape index (κ3) is 4.37. The lowest BCUT2D eigenvalue weighted by atomic mass is 10.1. The van der Waals surface area contributed by atoms with Gasteiger partial charge in [0.2, 0.25) is 0 Å². The highest BCUT2D eigenvalue weighted by Gasteiger charge is 2.24. The summed E-state index contributed by atoms with van der Waals surface area (Å²) in [6, 6.07) is 3.33. The highest BCUT2D eigenvalue weighted by molar-refractivity contribution is 7.19. The minimum absolute atomic E-state index is 0.0172. The van der Waals surface area contributed by atoms with E-state index in [4.69, 9.17) is 11.5 Å². The summed E-state index contributed by atoms with van der Waals surface area (Å²) >= 11 is 0.965. The number of carbonyl (C=O) groups is 1. The van der Waals surface area contributed by atoms with E-state index < -0.39 is 17.5 Å². The Kier molecular flexibility index (Phi) is 5.88. The van der Waals surface area contributed by atoms with Crippen molar-refractivity contribution in [3.8, 4) is 10.6 Å². The number of nitrogens with two attached hydrogens (primary N) is 2. The number of amides is 1. The number of anilines is 3. The number of benzene rings is 1. The molecule has 0 radical (unpaired) electrons. The van der Waals surface area contributed by atoms with Crippen LogP contribution in [-0.4, -0.2) is 39.8 Å². The van der Waals surface area contributed by atoms with Gasteiger partial charge in [0.05, 0.1) is 6.20 Å². The topological polar surface area (TPSA) is 115 Å². The summed E-state index contributed by atoms with van der Waals surface area (Å²) in [4.78, 5) is 19.3. The van der Waals surface area contributed by atoms with Gasteiger partial charge in [-0.25, -0.2) is 13.8 Å². The monoisotopic (exact) mass is 447 g/mol. The van der Waals surface area contributed by atoms with Crippen LogP contribution in [0.4, 0.5) is 25.3 Å². The third-order valence-corrected chi connectivity index (χ3v) is 6.18. The molecule has 5 N–H and O–H groups in total. The summed E-state index contributed by atoms with van der Waals surface area (Å²) in [5.74, 6) is -1.21. The summed E-state index contributed by atoms with van der Waals surface area (Å²) in [5.41, 5.74) is 12.7. The number of nitrogens with one attached hydrogen (secondary N) is 1. The van der Waals surface area contributed by atoms with E-state index in [2.05, 4.69) is 20.3 Å². The van der Waals surface area contributed by atoms with Crippen LogP contribution in [0, 0.1) is 11.6 Å². The van der Waals surface area contributed by atoms with Gasteiger partial charge in [-0.15, -0.1) is 0 Å². The maximum atomic E-state index is 14.1. The lowest BCUT2D eigenvalue weighted by molar-refractivity contribution is 0.102. The summed E-state index contributed by atoms with van der Waals surface area (Å²) < 4.78 is 29.0. The number of hydrogen-bond acceptors (Lipinski definition) is 7. The molecule has 0 aliphatic carbocycles. The van der Waals surface area contributed by atoms with Crippen LogP contribution in [-0.2, 0) is 7.05 Å². The molecule has 1 aromatic carbocycles. The van der Waals surface area contributed by atoms with Crippen molar-refractivity contribution in [3.05, 3.63) is 41.7 Å². The van der Waals surface area contributed by atoms with Crippen molar-refractivity contribution in [2.24, 2.45) is 12.8 Å². The lowest BCUT2D eigenvalue weighted by Gasteiger charge is -2.24. The Hall–Kier alpha value is -3.05. The molecule has 1 fully saturated rings. The number of nitrogens with zero attached hydrogens (tertiary/aromatic N) is 4. The van der Waals surface area contributed by atoms with Crippen LogP contribution in [0.1, 0.15) is 29.8 Å². The SMILES string of the molecule is Cn1ncc(NC(=O)c2nc(-c3ccc(F)cc3F)sc2N)c1N1CCC[C@@H](N)CC1. The van der Waals surface area contributed by atoms with Gasteiger partial charge in [0.15, 0.2) is 11.5 Å². The molecule has 4 rings (SSSR count). The van der Waals surface area contributed by atoms with Crippen LogP contribution < -0.4 is 21.7 Å². The number of aryl methyl sites for hydroxylation is 1. The Morgan fingerprint density at radius 2 is 2.10 bits per heavy atom. The molecule has 2 aromatic heterocycles. The number of thiazole rings is 1. The molecule has 11 heteroatoms. The van der Waals surface area contributed by atoms with Crippen molar-refractivity contribution in [1.82, 2.24) is 14.8 Å². The molecular formula is C20H23F2N7OS. The minimum Gasteiger partial charge on any atom is -0.389 e. The number of hydrogen-bond donors (Lipinski definition) is 3. The van der Waals surface area contributed by atoms with Gasteiger partial charge in [-0.2, -0.15) is 5.10 Å². The maximum absolute atomic E-state index is 14.1. The fraction of sp³-hybridized carbons (Fsp3) is 0.350. The van der Waals surface area contributed by atoms with Crippen LogP contribution in [0.5, 0.6) is 0 Å². The Labute approximate surface area is 181 Å². The first-order valence-corrected chi connectivity index (χ1v) is 10.7. The second-order valence-corrected chi connectivity index (χ2v) is 8.52. The summed E-state index contributed by atoms with van der Waals surface area (Å²) in [6.45, 7) is 1.57. The molecule has 31 heavy (non-hydrogen) atoms. The smallest absolute Gasteiger partial charge is 0.277 e. The van der Waals surface area contributed by atoms with E-state index in [1.807, 2.05) is 7.05 Å². The molecule has 3 heterocycles. The number of carbonyl (C=O) groups excluding carboxylic acids is 1. The zero-order chi connectivity index (χ0) is 22.1. The highest BCUT2D eigenvalue weighted by atomic mass is 32.1. The van der Waals surface area contributed by atoms with Gasteiger partial charge in [0.25, 0.3) is 5.91 Å². The number of aromatic nitrogens is 3. The van der Waals surface area contributed by atoms with E-state index in [1.165, 1.54) is 6.07 Å². The van der Waals surface area contributed by atoms with Gasteiger partial charge in [-0.05, 0) is 31.4 Å². The van der Waals surface area contributed by atoms with E-state index in [9.17, 15) is 13.6 Å². The van der Waals surface area contributed by atoms with Gasteiger partial charge in [0, 0.05) is 37.8 Å². The molecule has 0 saturated carbocycles. The van der Waals surface area contributed by atoms with E-state index >= 15 is 0 Å². The molecule has 1 amide bonds. The molecule has 3 aromatic rings. The minimum atomic E-state index is -0.769. The van der Waals surface area contributed by atoms with Crippen molar-refractivity contribution in [2.75, 3.05) is 29.0 Å². The normalized spacial score (nSPS) is 16.9. The first-order chi connectivity index (χ1) is 14.8. The summed E-state index contributed by atoms with van der Waals surface area (Å²) in [6.07, 6.45) is 4.32. The zero-order valence-electron chi connectivity index (χ0n) is 16.9. The van der Waals surface area contributed by atoms with E-state index in [0.29, 0.717) is 5.69 Å². The Bertz CT molecular complexity index is 1110. The second kappa shape index (κ2) is 8.60. The molecule has 1 saturated heterocycles. The van der Waals surface area contributed by atoms with Crippen molar-refractivity contribution < 1.29 is 13.6 Å². The van der Waals surface area contributed by atoms with E-state index in [0.717, 1.165) is 61.6 Å². The van der Waals surface area contributed by atoms with Gasteiger partial charge < -0.3 is 21.7 Å². The molecule has 0 spiro atoms. The van der Waals surface area contributed by atoms with Crippen molar-refractivity contribution >= 4 is 33.8 Å². The lowest BCUT2D eigenvalue weighted by Crippen LogP contribution is -2.29. The number of nitrogen functional groups attached to an aromatic ring is 1. The predicted octanol–water partition coefficient (Wildman–Crippen LogP) is 2.97. The quantitative estimate of drug-likeness (QED) is 0.566. The Morgan fingerprint density at radius 1 is 1.29 bits per heavy atom. The molecule has 1 aliphatic heterocycles. The van der Waals surface area contributed by atoms with Crippen molar-refractivity contribution in [2.45, 2.75) is 25.3 Å². The standard InChI is InChI=1S/C20H23F2N7OS/c1-28-20(29-7-2-3-12(23)6-8-29)15(10-25-28)26-18(30)16-17(24)31-19(27-16)13-5-4-11(21)9-14(13)22/h4-5,9-10,12H,2-3,6-8,23-24H2,1H3,(H,26,30)/t12-/m1/s1. The van der Waals surface area contributed by atoms with Gasteiger partial charge in [-0.3, -0.25) is 9.48 Å². The molecule has 164 valence electrons. The highest BCUT2D eigenvalue weighted by Crippen LogP contribution is 2.33. The van der Waals surface area contributed by atoms with Crippen molar-refractivity contribution in [3.63, 3.8) is 0 Å². The molecule has 1 aliphatic rings. The van der Waals surface area contributed by atoms with Crippen LogP contribution in [0.3, 0.4) is 0 Å². The van der Waals surface area contributed by atoms with Crippen LogP contribution in [0.15, 0.2) is 24.4 Å². The zero-order valence-corrected chi connectivity index (χ0v) is 17.8. The fourth-order valence-corrected chi connectivity index (χ4v) is 4.54. The molecule has 0 bridgehead atoms. The second-order valence-electron chi connectivity index (χ2n) is 7.49. The third-order valence-electron chi connectivity index (χ3n) is 5.26. The molecular weight excluding hydrogens is 424 g/mol. The largest absolute Gasteiger partial charge is 0.389 e.